The maximum atomic E-state index is 12.1. The lowest BCUT2D eigenvalue weighted by Crippen LogP contribution is -3.13. The van der Waals surface area contributed by atoms with Crippen LogP contribution in [0.1, 0.15) is 43.2 Å². The third-order valence-electron chi connectivity index (χ3n) is 4.91. The normalized spacial score (nSPS) is 21.3. The number of imide groups is 1. The molecule has 1 aliphatic heterocycles. The van der Waals surface area contributed by atoms with Gasteiger partial charge in [-0.3, -0.25) is 10.1 Å². The molecular formula is C18H26N3O2+. The van der Waals surface area contributed by atoms with Gasteiger partial charge in [-0.1, -0.05) is 43.5 Å². The van der Waals surface area contributed by atoms with Gasteiger partial charge in [0, 0.05) is 18.0 Å². The number of carbonyl (C=O) groups excluding carboxylic acids is 2. The maximum absolute atomic E-state index is 12.1. The van der Waals surface area contributed by atoms with Gasteiger partial charge in [0.1, 0.15) is 6.54 Å². The molecule has 1 unspecified atom stereocenters. The summed E-state index contributed by atoms with van der Waals surface area (Å²) in [4.78, 5) is 25.2. The van der Waals surface area contributed by atoms with Gasteiger partial charge >= 0.3 is 6.03 Å². The summed E-state index contributed by atoms with van der Waals surface area (Å²) < 4.78 is 0. The van der Waals surface area contributed by atoms with Crippen molar-refractivity contribution in [1.29, 1.82) is 0 Å². The molecule has 1 atom stereocenters. The smallest absolute Gasteiger partial charge is 0.321 e. The molecule has 1 heterocycles. The Morgan fingerprint density at radius 1 is 1.09 bits per heavy atom. The minimum absolute atomic E-state index is 0.187. The van der Waals surface area contributed by atoms with E-state index in [1.165, 1.54) is 22.4 Å². The summed E-state index contributed by atoms with van der Waals surface area (Å²) in [5, 5.41) is 5.41. The molecule has 2 aliphatic rings. The average molecular weight is 316 g/mol. The number of hydrogen-bond donors (Lipinski definition) is 3. The first-order valence-electron chi connectivity index (χ1n) is 8.71. The predicted octanol–water partition coefficient (Wildman–Crippen LogP) is 0.786. The van der Waals surface area contributed by atoms with Crippen molar-refractivity contribution in [3.05, 3.63) is 35.4 Å². The molecule has 5 heteroatoms. The summed E-state index contributed by atoms with van der Waals surface area (Å²) >= 11 is 0. The Morgan fingerprint density at radius 2 is 1.83 bits per heavy atom. The Bertz CT molecular complexity index is 567. The molecule has 1 aromatic rings. The molecule has 1 saturated carbocycles. The van der Waals surface area contributed by atoms with Crippen LogP contribution in [0.15, 0.2) is 24.3 Å². The van der Waals surface area contributed by atoms with Crippen LogP contribution in [0.3, 0.4) is 0 Å². The third kappa shape index (κ3) is 4.55. The van der Waals surface area contributed by atoms with Crippen LogP contribution in [0, 0.1) is 0 Å². The van der Waals surface area contributed by atoms with E-state index in [4.69, 9.17) is 0 Å². The van der Waals surface area contributed by atoms with Crippen LogP contribution in [0.5, 0.6) is 0 Å². The van der Waals surface area contributed by atoms with Crippen LogP contribution in [-0.4, -0.2) is 31.1 Å². The molecule has 1 aromatic carbocycles. The quantitative estimate of drug-likeness (QED) is 0.772. The van der Waals surface area contributed by atoms with Gasteiger partial charge in [-0.15, -0.1) is 0 Å². The lowest BCUT2D eigenvalue weighted by atomic mass is 9.96. The first-order valence-corrected chi connectivity index (χ1v) is 8.71. The second-order valence-corrected chi connectivity index (χ2v) is 6.73. The van der Waals surface area contributed by atoms with Gasteiger partial charge in [-0.2, -0.15) is 0 Å². The molecule has 1 aliphatic carbocycles. The Labute approximate surface area is 137 Å². The number of nitrogens with one attached hydrogen (secondary N) is 3. The van der Waals surface area contributed by atoms with Crippen molar-refractivity contribution in [1.82, 2.24) is 10.6 Å². The number of benzene rings is 1. The Morgan fingerprint density at radius 3 is 2.61 bits per heavy atom. The Hall–Kier alpha value is -1.88. The molecule has 0 radical (unpaired) electrons. The van der Waals surface area contributed by atoms with E-state index in [0.717, 1.165) is 45.2 Å². The fourth-order valence-electron chi connectivity index (χ4n) is 3.66. The van der Waals surface area contributed by atoms with Crippen molar-refractivity contribution in [2.45, 2.75) is 51.1 Å². The van der Waals surface area contributed by atoms with E-state index in [1.54, 1.807) is 0 Å². The number of urea groups is 1. The van der Waals surface area contributed by atoms with Gasteiger partial charge in [-0.05, 0) is 18.4 Å². The first kappa shape index (κ1) is 16.0. The molecule has 3 rings (SSSR count). The third-order valence-corrected chi connectivity index (χ3v) is 4.91. The summed E-state index contributed by atoms with van der Waals surface area (Å²) in [6.07, 6.45) is 6.61. The molecule has 124 valence electrons. The summed E-state index contributed by atoms with van der Waals surface area (Å²) in [7, 11) is 0. The highest BCUT2D eigenvalue weighted by atomic mass is 16.2. The molecular weight excluding hydrogens is 290 g/mol. The van der Waals surface area contributed by atoms with Crippen LogP contribution in [0.25, 0.3) is 0 Å². The molecule has 5 nitrogen and oxygen atoms in total. The van der Waals surface area contributed by atoms with E-state index < -0.39 is 0 Å². The number of quaternary nitrogens is 1. The van der Waals surface area contributed by atoms with E-state index >= 15 is 0 Å². The fourth-order valence-corrected chi connectivity index (χ4v) is 3.66. The van der Waals surface area contributed by atoms with E-state index in [-0.39, 0.29) is 18.0 Å². The largest absolute Gasteiger partial charge is 0.335 e. The van der Waals surface area contributed by atoms with Gasteiger partial charge in [0.15, 0.2) is 6.54 Å². The highest BCUT2D eigenvalue weighted by Crippen LogP contribution is 2.17. The van der Waals surface area contributed by atoms with Crippen molar-refractivity contribution >= 4 is 11.9 Å². The zero-order valence-corrected chi connectivity index (χ0v) is 13.6. The van der Waals surface area contributed by atoms with Crippen LogP contribution in [0.2, 0.25) is 0 Å². The maximum Gasteiger partial charge on any atom is 0.321 e. The number of fused-ring (bicyclic) bond motifs is 1. The standard InChI is InChI=1S/C18H25N3O2/c22-17(20-18(23)19-16-8-2-1-3-9-16)13-21-11-10-14-6-4-5-7-15(14)12-21/h4-7,16H,1-3,8-13H2,(H2,19,20,22,23)/p+1. The van der Waals surface area contributed by atoms with E-state index in [0.29, 0.717) is 6.54 Å². The number of hydrogen-bond acceptors (Lipinski definition) is 2. The van der Waals surface area contributed by atoms with E-state index in [1.807, 2.05) is 6.07 Å². The number of rotatable bonds is 3. The minimum atomic E-state index is -0.335. The van der Waals surface area contributed by atoms with Gasteiger partial charge in [0.05, 0.1) is 6.54 Å². The number of amides is 3. The lowest BCUT2D eigenvalue weighted by molar-refractivity contribution is -0.908. The van der Waals surface area contributed by atoms with Crippen molar-refractivity contribution in [2.24, 2.45) is 0 Å². The molecule has 23 heavy (non-hydrogen) atoms. The summed E-state index contributed by atoms with van der Waals surface area (Å²) in [5.41, 5.74) is 2.69. The molecule has 0 bridgehead atoms. The highest BCUT2D eigenvalue weighted by molar-refractivity contribution is 5.94. The fraction of sp³-hybridized carbons (Fsp3) is 0.556. The monoisotopic (exact) mass is 316 g/mol. The van der Waals surface area contributed by atoms with E-state index in [2.05, 4.69) is 28.8 Å². The first-order chi connectivity index (χ1) is 11.2. The summed E-state index contributed by atoms with van der Waals surface area (Å²) in [6, 6.07) is 8.28. The van der Waals surface area contributed by atoms with E-state index in [9.17, 15) is 9.59 Å². The molecule has 3 amide bonds. The predicted molar refractivity (Wildman–Crippen MR) is 88.1 cm³/mol. The SMILES string of the molecule is O=C(C[NH+]1CCc2ccccc2C1)NC(=O)NC1CCCCC1. The van der Waals surface area contributed by atoms with Gasteiger partial charge in [-0.25, -0.2) is 4.79 Å². The molecule has 0 aromatic heterocycles. The van der Waals surface area contributed by atoms with Gasteiger partial charge < -0.3 is 10.2 Å². The topological polar surface area (TPSA) is 62.6 Å². The average Bonchev–Trinajstić information content (AvgIpc) is 2.55. The van der Waals surface area contributed by atoms with Gasteiger partial charge in [0.25, 0.3) is 5.91 Å². The van der Waals surface area contributed by atoms with Crippen LogP contribution in [0.4, 0.5) is 4.79 Å². The van der Waals surface area contributed by atoms with Crippen molar-refractivity contribution in [3.63, 3.8) is 0 Å². The van der Waals surface area contributed by atoms with Crippen molar-refractivity contribution in [2.75, 3.05) is 13.1 Å². The zero-order chi connectivity index (χ0) is 16.1. The van der Waals surface area contributed by atoms with Crippen LogP contribution in [-0.2, 0) is 17.8 Å². The Balaban J connectivity index is 1.43. The Kier molecular flexibility index (Phi) is 5.28. The lowest BCUT2D eigenvalue weighted by Gasteiger charge is -2.25. The van der Waals surface area contributed by atoms with Gasteiger partial charge in [0.2, 0.25) is 0 Å². The highest BCUT2D eigenvalue weighted by Gasteiger charge is 2.23. The molecule has 1 fully saturated rings. The molecule has 3 N–H and O–H groups in total. The summed E-state index contributed by atoms with van der Waals surface area (Å²) in [6.45, 7) is 2.15. The molecule has 0 saturated heterocycles. The minimum Gasteiger partial charge on any atom is -0.335 e. The summed E-state index contributed by atoms with van der Waals surface area (Å²) in [5.74, 6) is -0.187. The van der Waals surface area contributed by atoms with Crippen LogP contribution < -0.4 is 15.5 Å². The molecule has 0 spiro atoms. The second kappa shape index (κ2) is 7.59. The van der Waals surface area contributed by atoms with Crippen molar-refractivity contribution < 1.29 is 14.5 Å². The number of carbonyl (C=O) groups is 2. The zero-order valence-electron chi connectivity index (χ0n) is 13.6. The van der Waals surface area contributed by atoms with Crippen molar-refractivity contribution in [3.8, 4) is 0 Å². The van der Waals surface area contributed by atoms with Crippen LogP contribution >= 0.6 is 0 Å². The second-order valence-electron chi connectivity index (χ2n) is 6.73.